The molecule has 0 aromatic heterocycles. The first-order valence-corrected chi connectivity index (χ1v) is 10.2. The molecule has 0 radical (unpaired) electrons. The Morgan fingerprint density at radius 2 is 1.64 bits per heavy atom. The molecule has 0 fully saturated rings. The number of amides is 2. The van der Waals surface area contributed by atoms with Crippen LogP contribution in [0.5, 0.6) is 0 Å². The van der Waals surface area contributed by atoms with E-state index in [1.165, 1.54) is 25.1 Å². The van der Waals surface area contributed by atoms with E-state index in [0.29, 0.717) is 16.8 Å². The Hall–Kier alpha value is -2.71. The lowest BCUT2D eigenvalue weighted by atomic mass is 10.1. The van der Waals surface area contributed by atoms with E-state index in [-0.39, 0.29) is 22.9 Å². The van der Waals surface area contributed by atoms with Crippen LogP contribution in [0, 0.1) is 20.8 Å². The van der Waals surface area contributed by atoms with Crippen LogP contribution >= 0.6 is 0 Å². The second-order valence-electron chi connectivity index (χ2n) is 6.70. The molecule has 0 bridgehead atoms. The molecule has 150 valence electrons. The highest BCUT2D eigenvalue weighted by molar-refractivity contribution is 7.89. The average molecular weight is 404 g/mol. The second-order valence-corrected chi connectivity index (χ2v) is 8.55. The Balaban J connectivity index is 2.18. The summed E-state index contributed by atoms with van der Waals surface area (Å²) in [5, 5.41) is 2.73. The first-order chi connectivity index (χ1) is 13.0. The quantitative estimate of drug-likeness (QED) is 0.773. The van der Waals surface area contributed by atoms with Crippen LogP contribution in [0.1, 0.15) is 27.0 Å². The van der Waals surface area contributed by atoms with Gasteiger partial charge in [-0.2, -0.15) is 0 Å². The van der Waals surface area contributed by atoms with Gasteiger partial charge >= 0.3 is 0 Å². The highest BCUT2D eigenvalue weighted by Crippen LogP contribution is 2.22. The lowest BCUT2D eigenvalue weighted by Crippen LogP contribution is -2.35. The number of carbonyl (C=O) groups is 2. The summed E-state index contributed by atoms with van der Waals surface area (Å²) in [6.45, 7) is 5.22. The fraction of sp³-hybridized carbons (Fsp3) is 0.300. The molecule has 2 rings (SSSR count). The summed E-state index contributed by atoms with van der Waals surface area (Å²) < 4.78 is 26.7. The Bertz CT molecular complexity index is 999. The molecular weight excluding hydrogens is 378 g/mol. The topological polar surface area (TPSA) is 95.6 Å². The van der Waals surface area contributed by atoms with Gasteiger partial charge in [-0.15, -0.1) is 0 Å². The number of sulfonamides is 1. The summed E-state index contributed by atoms with van der Waals surface area (Å²) in [4.78, 5) is 26.3. The minimum absolute atomic E-state index is 0.0517. The van der Waals surface area contributed by atoms with Crippen LogP contribution < -0.4 is 10.0 Å². The molecule has 0 aliphatic heterocycles. The van der Waals surface area contributed by atoms with Gasteiger partial charge in [-0.1, -0.05) is 17.7 Å². The number of likely N-dealkylation sites (N-methyl/N-ethyl adjacent to an activating group) is 1. The number of rotatable bonds is 6. The van der Waals surface area contributed by atoms with E-state index in [1.54, 1.807) is 32.0 Å². The van der Waals surface area contributed by atoms with E-state index in [2.05, 4.69) is 10.0 Å². The predicted molar refractivity (Wildman–Crippen MR) is 109 cm³/mol. The number of nitrogens with zero attached hydrogens (tertiary/aromatic N) is 1. The molecule has 2 aromatic carbocycles. The van der Waals surface area contributed by atoms with Gasteiger partial charge in [0.25, 0.3) is 5.91 Å². The number of anilines is 1. The van der Waals surface area contributed by atoms with Crippen molar-refractivity contribution in [2.45, 2.75) is 25.7 Å². The molecular formula is C20H25N3O4S. The maximum absolute atomic E-state index is 12.7. The van der Waals surface area contributed by atoms with Crippen molar-refractivity contribution in [1.82, 2.24) is 9.62 Å². The molecule has 0 aliphatic rings. The number of nitrogens with one attached hydrogen (secondary N) is 2. The lowest BCUT2D eigenvalue weighted by Gasteiger charge is -2.19. The van der Waals surface area contributed by atoms with E-state index < -0.39 is 15.9 Å². The van der Waals surface area contributed by atoms with Crippen LogP contribution in [0.25, 0.3) is 0 Å². The zero-order chi connectivity index (χ0) is 21.1. The fourth-order valence-corrected chi connectivity index (χ4v) is 3.75. The molecule has 0 saturated carbocycles. The Morgan fingerprint density at radius 1 is 1.04 bits per heavy atom. The molecule has 28 heavy (non-hydrogen) atoms. The largest absolute Gasteiger partial charge is 0.332 e. The van der Waals surface area contributed by atoms with Gasteiger partial charge in [-0.25, -0.2) is 13.1 Å². The van der Waals surface area contributed by atoms with Gasteiger partial charge in [0, 0.05) is 18.3 Å². The molecule has 8 heteroatoms. The Labute approximate surface area is 165 Å². The van der Waals surface area contributed by atoms with Crippen LogP contribution in [0.15, 0.2) is 41.3 Å². The van der Waals surface area contributed by atoms with E-state index >= 15 is 0 Å². The van der Waals surface area contributed by atoms with E-state index in [0.717, 1.165) is 5.56 Å². The third kappa shape index (κ3) is 4.96. The average Bonchev–Trinajstić information content (AvgIpc) is 2.64. The van der Waals surface area contributed by atoms with Crippen molar-refractivity contribution < 1.29 is 18.0 Å². The van der Waals surface area contributed by atoms with Crippen molar-refractivity contribution in [3.05, 3.63) is 58.7 Å². The fourth-order valence-electron chi connectivity index (χ4n) is 2.68. The number of hydrogen-bond donors (Lipinski definition) is 2. The first-order valence-electron chi connectivity index (χ1n) is 8.72. The molecule has 7 nitrogen and oxygen atoms in total. The summed E-state index contributed by atoms with van der Waals surface area (Å²) in [5.74, 6) is -0.777. The third-order valence-corrected chi connectivity index (χ3v) is 6.03. The molecule has 0 unspecified atom stereocenters. The van der Waals surface area contributed by atoms with Crippen molar-refractivity contribution in [3.63, 3.8) is 0 Å². The van der Waals surface area contributed by atoms with Crippen LogP contribution in [-0.4, -0.2) is 45.8 Å². The zero-order valence-electron chi connectivity index (χ0n) is 16.7. The van der Waals surface area contributed by atoms with Crippen LogP contribution in [0.2, 0.25) is 0 Å². The molecule has 2 N–H and O–H groups in total. The SMILES string of the molecule is CNS(=O)(=O)c1cc(C(=O)N(C)CC(=O)Nc2ccc(C)cc2)cc(C)c1C. The standard InChI is InChI=1S/C20H25N3O4S/c1-13-6-8-17(9-7-13)22-19(24)12-23(5)20(25)16-10-14(2)15(3)18(11-16)28(26,27)21-4/h6-11,21H,12H2,1-5H3,(H,22,24). The molecule has 0 spiro atoms. The first kappa shape index (κ1) is 21.6. The highest BCUT2D eigenvalue weighted by Gasteiger charge is 2.22. The Morgan fingerprint density at radius 3 is 2.21 bits per heavy atom. The summed E-state index contributed by atoms with van der Waals surface area (Å²) in [6.07, 6.45) is 0. The van der Waals surface area contributed by atoms with Crippen LogP contribution in [-0.2, 0) is 14.8 Å². The van der Waals surface area contributed by atoms with Gasteiger partial charge in [0.2, 0.25) is 15.9 Å². The minimum Gasteiger partial charge on any atom is -0.332 e. The summed E-state index contributed by atoms with van der Waals surface area (Å²) in [6, 6.07) is 10.3. The van der Waals surface area contributed by atoms with Crippen molar-refractivity contribution in [3.8, 4) is 0 Å². The van der Waals surface area contributed by atoms with Gasteiger partial charge in [0.05, 0.1) is 11.4 Å². The second kappa shape index (κ2) is 8.53. The molecule has 0 atom stereocenters. The highest BCUT2D eigenvalue weighted by atomic mass is 32.2. The molecule has 2 aromatic rings. The molecule has 0 saturated heterocycles. The lowest BCUT2D eigenvalue weighted by molar-refractivity contribution is -0.116. The van der Waals surface area contributed by atoms with Gasteiger partial charge in [0.15, 0.2) is 0 Å². The number of carbonyl (C=O) groups excluding carboxylic acids is 2. The smallest absolute Gasteiger partial charge is 0.254 e. The number of hydrogen-bond acceptors (Lipinski definition) is 4. The summed E-state index contributed by atoms with van der Waals surface area (Å²) in [5.41, 5.74) is 3.18. The maximum atomic E-state index is 12.7. The van der Waals surface area contributed by atoms with Gasteiger partial charge in [-0.05, 0) is 63.2 Å². The van der Waals surface area contributed by atoms with Gasteiger partial charge in [-0.3, -0.25) is 9.59 Å². The molecule has 0 heterocycles. The monoisotopic (exact) mass is 403 g/mol. The van der Waals surface area contributed by atoms with E-state index in [9.17, 15) is 18.0 Å². The maximum Gasteiger partial charge on any atom is 0.254 e. The van der Waals surface area contributed by atoms with Crippen molar-refractivity contribution in [2.75, 3.05) is 26.0 Å². The van der Waals surface area contributed by atoms with Crippen molar-refractivity contribution in [1.29, 1.82) is 0 Å². The van der Waals surface area contributed by atoms with Gasteiger partial charge < -0.3 is 10.2 Å². The number of aryl methyl sites for hydroxylation is 2. The normalized spacial score (nSPS) is 11.2. The van der Waals surface area contributed by atoms with Crippen molar-refractivity contribution in [2.24, 2.45) is 0 Å². The molecule has 2 amide bonds. The predicted octanol–water partition coefficient (Wildman–Crippen LogP) is 2.23. The van der Waals surface area contributed by atoms with E-state index in [1.807, 2.05) is 19.1 Å². The van der Waals surface area contributed by atoms with Crippen LogP contribution in [0.3, 0.4) is 0 Å². The van der Waals surface area contributed by atoms with E-state index in [4.69, 9.17) is 0 Å². The Kier molecular flexibility index (Phi) is 6.58. The minimum atomic E-state index is -3.70. The van der Waals surface area contributed by atoms with Crippen LogP contribution in [0.4, 0.5) is 5.69 Å². The third-order valence-electron chi connectivity index (χ3n) is 4.49. The molecule has 0 aliphatic carbocycles. The zero-order valence-corrected chi connectivity index (χ0v) is 17.5. The van der Waals surface area contributed by atoms with Gasteiger partial charge in [0.1, 0.15) is 0 Å². The number of benzene rings is 2. The summed E-state index contributed by atoms with van der Waals surface area (Å²) in [7, 11) is -0.882. The van der Waals surface area contributed by atoms with Crippen molar-refractivity contribution >= 4 is 27.5 Å². The summed E-state index contributed by atoms with van der Waals surface area (Å²) >= 11 is 0.